The average Bonchev–Trinajstić information content (AvgIpc) is 3.14. The van der Waals surface area contributed by atoms with Gasteiger partial charge in [0.05, 0.1) is 23.0 Å². The molecule has 0 radical (unpaired) electrons. The Balaban J connectivity index is 1.58. The maximum absolute atomic E-state index is 12.4. The molecule has 0 fully saturated rings. The van der Waals surface area contributed by atoms with Gasteiger partial charge in [-0.2, -0.15) is 0 Å². The van der Waals surface area contributed by atoms with E-state index in [0.29, 0.717) is 22.2 Å². The molecule has 3 rings (SSSR count). The molecule has 5 nitrogen and oxygen atoms in total. The zero-order valence-electron chi connectivity index (χ0n) is 17.1. The second-order valence-corrected chi connectivity index (χ2v) is 10.5. The number of amides is 1. The Hall–Kier alpha value is -1.76. The lowest BCUT2D eigenvalue weighted by atomic mass is 10.0. The highest BCUT2D eigenvalue weighted by molar-refractivity contribution is 7.92. The summed E-state index contributed by atoms with van der Waals surface area (Å²) in [5.41, 5.74) is 4.18. The molecule has 0 spiro atoms. The minimum absolute atomic E-state index is 0.100. The zero-order chi connectivity index (χ0) is 21.9. The van der Waals surface area contributed by atoms with E-state index in [2.05, 4.69) is 23.5 Å². The van der Waals surface area contributed by atoms with E-state index in [0.717, 1.165) is 24.7 Å². The molecular weight excluding hydrogens is 443 g/mol. The first-order valence-corrected chi connectivity index (χ1v) is 12.6. The van der Waals surface area contributed by atoms with E-state index in [9.17, 15) is 13.2 Å². The summed E-state index contributed by atoms with van der Waals surface area (Å²) in [5.74, 6) is -0.117. The molecule has 0 aromatic heterocycles. The van der Waals surface area contributed by atoms with Gasteiger partial charge in [0.25, 0.3) is 0 Å². The molecule has 1 N–H and O–H groups in total. The lowest BCUT2D eigenvalue weighted by molar-refractivity contribution is -0.121. The number of hydrogen-bond acceptors (Lipinski definition) is 3. The van der Waals surface area contributed by atoms with Crippen LogP contribution < -0.4 is 9.62 Å². The second kappa shape index (κ2) is 9.58. The van der Waals surface area contributed by atoms with Crippen molar-refractivity contribution in [3.05, 3.63) is 63.1 Å². The third-order valence-electron chi connectivity index (χ3n) is 5.34. The number of anilines is 1. The fourth-order valence-electron chi connectivity index (χ4n) is 3.78. The van der Waals surface area contributed by atoms with Crippen molar-refractivity contribution < 1.29 is 13.2 Å². The van der Waals surface area contributed by atoms with Crippen molar-refractivity contribution in [1.82, 2.24) is 5.32 Å². The molecule has 0 bridgehead atoms. The fourth-order valence-corrected chi connectivity index (χ4v) is 5.19. The third-order valence-corrected chi connectivity index (χ3v) is 7.08. The van der Waals surface area contributed by atoms with E-state index in [1.807, 2.05) is 6.92 Å². The lowest BCUT2D eigenvalue weighted by Gasteiger charge is -2.23. The zero-order valence-corrected chi connectivity index (χ0v) is 19.4. The van der Waals surface area contributed by atoms with Crippen molar-refractivity contribution in [1.29, 1.82) is 0 Å². The van der Waals surface area contributed by atoms with E-state index in [1.165, 1.54) is 27.9 Å². The number of fused-ring (bicyclic) bond motifs is 1. The Bertz CT molecular complexity index is 1040. The summed E-state index contributed by atoms with van der Waals surface area (Å²) in [7, 11) is -3.57. The number of benzene rings is 2. The number of aryl methyl sites for hydroxylation is 2. The van der Waals surface area contributed by atoms with Crippen molar-refractivity contribution in [2.75, 3.05) is 17.1 Å². The quantitative estimate of drug-likeness (QED) is 0.598. The monoisotopic (exact) mass is 468 g/mol. The summed E-state index contributed by atoms with van der Waals surface area (Å²) in [6.07, 6.45) is 5.09. The van der Waals surface area contributed by atoms with E-state index >= 15 is 0 Å². The molecule has 162 valence electrons. The van der Waals surface area contributed by atoms with Gasteiger partial charge in [-0.15, -0.1) is 0 Å². The van der Waals surface area contributed by atoms with Gasteiger partial charge >= 0.3 is 0 Å². The molecule has 1 aliphatic rings. The minimum Gasteiger partial charge on any atom is -0.350 e. The van der Waals surface area contributed by atoms with Crippen LogP contribution in [0.5, 0.6) is 0 Å². The van der Waals surface area contributed by atoms with Gasteiger partial charge < -0.3 is 5.32 Å². The van der Waals surface area contributed by atoms with Gasteiger partial charge in [-0.05, 0) is 67.5 Å². The largest absolute Gasteiger partial charge is 0.350 e. The van der Waals surface area contributed by atoms with Crippen LogP contribution >= 0.6 is 23.2 Å². The van der Waals surface area contributed by atoms with E-state index < -0.39 is 10.0 Å². The number of hydrogen-bond donors (Lipinski definition) is 1. The topological polar surface area (TPSA) is 66.5 Å². The summed E-state index contributed by atoms with van der Waals surface area (Å²) in [5, 5.41) is 3.69. The Morgan fingerprint density at radius 1 is 1.13 bits per heavy atom. The van der Waals surface area contributed by atoms with E-state index in [-0.39, 0.29) is 24.9 Å². The van der Waals surface area contributed by atoms with E-state index in [4.69, 9.17) is 23.2 Å². The number of halogens is 2. The van der Waals surface area contributed by atoms with Gasteiger partial charge in [0.2, 0.25) is 15.9 Å². The second-order valence-electron chi connectivity index (χ2n) is 7.71. The van der Waals surface area contributed by atoms with Gasteiger partial charge in [0, 0.05) is 18.0 Å². The van der Waals surface area contributed by atoms with Crippen molar-refractivity contribution >= 4 is 44.8 Å². The van der Waals surface area contributed by atoms with Gasteiger partial charge in [-0.25, -0.2) is 8.42 Å². The Kier molecular flexibility index (Phi) is 7.32. The highest BCUT2D eigenvalue weighted by atomic mass is 35.5. The fraction of sp³-hybridized carbons (Fsp3) is 0.409. The van der Waals surface area contributed by atoms with Crippen LogP contribution in [0.3, 0.4) is 0 Å². The normalized spacial score (nSPS) is 14.3. The molecule has 1 amide bonds. The number of rotatable bonds is 8. The summed E-state index contributed by atoms with van der Waals surface area (Å²) in [6.45, 7) is 2.10. The molecule has 0 unspecified atom stereocenters. The van der Waals surface area contributed by atoms with Gasteiger partial charge in [0.1, 0.15) is 0 Å². The molecule has 2 aromatic rings. The molecule has 0 saturated heterocycles. The number of sulfonamides is 1. The number of nitrogens with one attached hydrogen (secondary N) is 1. The van der Waals surface area contributed by atoms with Crippen LogP contribution in [0.4, 0.5) is 5.69 Å². The van der Waals surface area contributed by atoms with Crippen molar-refractivity contribution in [2.24, 2.45) is 0 Å². The predicted octanol–water partition coefficient (Wildman–Crippen LogP) is 4.91. The number of nitrogens with zero attached hydrogens (tertiary/aromatic N) is 1. The minimum atomic E-state index is -3.57. The van der Waals surface area contributed by atoms with Gasteiger partial charge in [0.15, 0.2) is 0 Å². The van der Waals surface area contributed by atoms with Crippen molar-refractivity contribution in [3.8, 4) is 0 Å². The maximum atomic E-state index is 12.4. The van der Waals surface area contributed by atoms with Crippen LogP contribution in [0.25, 0.3) is 0 Å². The van der Waals surface area contributed by atoms with Crippen LogP contribution in [0, 0.1) is 0 Å². The van der Waals surface area contributed by atoms with Gasteiger partial charge in [-0.3, -0.25) is 9.10 Å². The average molecular weight is 469 g/mol. The summed E-state index contributed by atoms with van der Waals surface area (Å²) < 4.78 is 25.7. The molecule has 0 aliphatic heterocycles. The van der Waals surface area contributed by atoms with Crippen LogP contribution in [-0.4, -0.2) is 27.1 Å². The van der Waals surface area contributed by atoms with Crippen LogP contribution in [0.1, 0.15) is 48.9 Å². The van der Waals surface area contributed by atoms with Crippen LogP contribution in [-0.2, 0) is 27.7 Å². The SMILES string of the molecule is C[C@H](NC(=O)CCCN(c1cc(Cl)ccc1Cl)S(C)(=O)=O)c1ccc2c(c1)CCC2. The third kappa shape index (κ3) is 5.68. The number of carbonyl (C=O) groups is 1. The molecule has 0 heterocycles. The summed E-state index contributed by atoms with van der Waals surface area (Å²) in [6, 6.07) is 11.0. The Labute approximate surface area is 188 Å². The predicted molar refractivity (Wildman–Crippen MR) is 123 cm³/mol. The highest BCUT2D eigenvalue weighted by Crippen LogP contribution is 2.31. The van der Waals surface area contributed by atoms with Crippen molar-refractivity contribution in [3.63, 3.8) is 0 Å². The molecule has 30 heavy (non-hydrogen) atoms. The first kappa shape index (κ1) is 22.9. The molecule has 0 saturated carbocycles. The molecule has 1 atom stereocenters. The standard InChI is InChI=1S/C22H26Cl2N2O3S/c1-15(17-9-8-16-5-3-6-18(16)13-17)25-22(27)7-4-12-26(30(2,28)29)21-14-19(23)10-11-20(21)24/h8-11,13-15H,3-7,12H2,1-2H3,(H,25,27)/t15-/m0/s1. The van der Waals surface area contributed by atoms with Crippen LogP contribution in [0.15, 0.2) is 36.4 Å². The lowest BCUT2D eigenvalue weighted by Crippen LogP contribution is -2.32. The molecule has 8 heteroatoms. The molecule has 2 aromatic carbocycles. The summed E-state index contributed by atoms with van der Waals surface area (Å²) >= 11 is 12.2. The van der Waals surface area contributed by atoms with Crippen molar-refractivity contribution in [2.45, 2.75) is 45.1 Å². The summed E-state index contributed by atoms with van der Waals surface area (Å²) in [4.78, 5) is 12.4. The highest BCUT2D eigenvalue weighted by Gasteiger charge is 2.21. The van der Waals surface area contributed by atoms with Crippen LogP contribution in [0.2, 0.25) is 10.0 Å². The molecule has 1 aliphatic carbocycles. The first-order chi connectivity index (χ1) is 14.1. The smallest absolute Gasteiger partial charge is 0.232 e. The maximum Gasteiger partial charge on any atom is 0.232 e. The van der Waals surface area contributed by atoms with Gasteiger partial charge in [-0.1, -0.05) is 41.4 Å². The Morgan fingerprint density at radius 2 is 1.87 bits per heavy atom. The van der Waals surface area contributed by atoms with E-state index in [1.54, 1.807) is 12.1 Å². The Morgan fingerprint density at radius 3 is 2.60 bits per heavy atom. The molecular formula is C22H26Cl2N2O3S. The number of carbonyl (C=O) groups excluding carboxylic acids is 1. The first-order valence-electron chi connectivity index (χ1n) is 9.99.